The summed E-state index contributed by atoms with van der Waals surface area (Å²) in [6, 6.07) is 7.87. The van der Waals surface area contributed by atoms with Gasteiger partial charge in [-0.15, -0.1) is 24.0 Å². The molecule has 0 aliphatic carbocycles. The highest BCUT2D eigenvalue weighted by molar-refractivity contribution is 14.0. The molecule has 2 rings (SSSR count). The van der Waals surface area contributed by atoms with Gasteiger partial charge in [0.25, 0.3) is 0 Å². The summed E-state index contributed by atoms with van der Waals surface area (Å²) >= 11 is 0. The summed E-state index contributed by atoms with van der Waals surface area (Å²) in [4.78, 5) is 4.27. The number of ether oxygens (including phenoxy) is 2. The van der Waals surface area contributed by atoms with Gasteiger partial charge in [0.2, 0.25) is 0 Å². The second-order valence-corrected chi connectivity index (χ2v) is 5.97. The van der Waals surface area contributed by atoms with E-state index in [1.807, 2.05) is 48.4 Å². The van der Waals surface area contributed by atoms with Crippen molar-refractivity contribution >= 4 is 35.6 Å². The summed E-state index contributed by atoms with van der Waals surface area (Å²) in [7, 11) is 5.39. The summed E-state index contributed by atoms with van der Waals surface area (Å²) < 4.78 is 12.6. The molecule has 0 saturated heterocycles. The smallest absolute Gasteiger partial charge is 0.195 e. The van der Waals surface area contributed by atoms with Crippen molar-refractivity contribution in [3.05, 3.63) is 42.2 Å². The normalized spacial score (nSPS) is 11.0. The third-order valence-electron chi connectivity index (χ3n) is 3.77. The quantitative estimate of drug-likeness (QED) is 0.233. The number of aliphatic imine (C=N–C) groups is 1. The van der Waals surface area contributed by atoms with Crippen LogP contribution in [0.1, 0.15) is 18.4 Å². The van der Waals surface area contributed by atoms with Crippen LogP contribution in [0.4, 0.5) is 5.69 Å². The van der Waals surface area contributed by atoms with Gasteiger partial charge in [0.1, 0.15) is 5.75 Å². The van der Waals surface area contributed by atoms with Crippen molar-refractivity contribution in [2.24, 2.45) is 12.0 Å². The molecule has 0 atom stereocenters. The average molecular weight is 487 g/mol. The molecule has 150 valence electrons. The largest absolute Gasteiger partial charge is 0.493 e. The van der Waals surface area contributed by atoms with E-state index >= 15 is 0 Å². The van der Waals surface area contributed by atoms with E-state index in [0.29, 0.717) is 13.2 Å². The van der Waals surface area contributed by atoms with Gasteiger partial charge < -0.3 is 20.1 Å². The molecular weight excluding hydrogens is 457 g/mol. The van der Waals surface area contributed by atoms with Gasteiger partial charge in [0, 0.05) is 58.7 Å². The number of aryl methyl sites for hydroxylation is 2. The second kappa shape index (κ2) is 13.4. The van der Waals surface area contributed by atoms with Gasteiger partial charge in [-0.25, -0.2) is 0 Å². The maximum absolute atomic E-state index is 5.73. The topological polar surface area (TPSA) is 72.7 Å². The van der Waals surface area contributed by atoms with Crippen LogP contribution in [-0.2, 0) is 18.2 Å². The van der Waals surface area contributed by atoms with Crippen LogP contribution in [-0.4, -0.2) is 49.7 Å². The molecule has 0 bridgehead atoms. The van der Waals surface area contributed by atoms with E-state index in [1.165, 1.54) is 5.56 Å². The Bertz CT molecular complexity index is 690. The van der Waals surface area contributed by atoms with Gasteiger partial charge in [-0.05, 0) is 30.5 Å². The highest BCUT2D eigenvalue weighted by Gasteiger charge is 2.02. The lowest BCUT2D eigenvalue weighted by Crippen LogP contribution is -2.31. The molecule has 2 aromatic rings. The van der Waals surface area contributed by atoms with Crippen LogP contribution < -0.4 is 15.4 Å². The number of methoxy groups -OCH3 is 1. The number of hydrogen-bond acceptors (Lipinski definition) is 4. The molecule has 0 amide bonds. The zero-order chi connectivity index (χ0) is 18.6. The van der Waals surface area contributed by atoms with E-state index in [-0.39, 0.29) is 24.0 Å². The molecule has 0 fully saturated rings. The molecule has 27 heavy (non-hydrogen) atoms. The van der Waals surface area contributed by atoms with E-state index in [9.17, 15) is 0 Å². The number of benzene rings is 1. The third-order valence-corrected chi connectivity index (χ3v) is 3.77. The number of anilines is 1. The van der Waals surface area contributed by atoms with E-state index in [4.69, 9.17) is 9.47 Å². The zero-order valence-electron chi connectivity index (χ0n) is 16.3. The number of aromatic nitrogens is 2. The molecule has 1 aromatic heterocycles. The molecule has 0 spiro atoms. The minimum absolute atomic E-state index is 0. The summed E-state index contributed by atoms with van der Waals surface area (Å²) in [6.07, 6.45) is 6.82. The Hall–Kier alpha value is -1.81. The first-order chi connectivity index (χ1) is 12.7. The van der Waals surface area contributed by atoms with Crippen LogP contribution in [0.3, 0.4) is 0 Å². The maximum Gasteiger partial charge on any atom is 0.195 e. The molecule has 0 aliphatic rings. The van der Waals surface area contributed by atoms with Crippen molar-refractivity contribution in [3.63, 3.8) is 0 Å². The molecule has 2 N–H and O–H groups in total. The fraction of sp³-hybridized carbons (Fsp3) is 0.474. The highest BCUT2D eigenvalue weighted by Crippen LogP contribution is 2.17. The first-order valence-electron chi connectivity index (χ1n) is 8.88. The van der Waals surface area contributed by atoms with E-state index in [1.54, 1.807) is 14.2 Å². The first kappa shape index (κ1) is 23.2. The van der Waals surface area contributed by atoms with Crippen molar-refractivity contribution in [1.29, 1.82) is 0 Å². The molecule has 0 saturated carbocycles. The number of hydrogen-bond donors (Lipinski definition) is 2. The summed E-state index contributed by atoms with van der Waals surface area (Å²) in [5.41, 5.74) is 2.19. The van der Waals surface area contributed by atoms with Gasteiger partial charge in [-0.1, -0.05) is 6.07 Å². The number of nitrogens with one attached hydrogen (secondary N) is 2. The van der Waals surface area contributed by atoms with Crippen LogP contribution >= 0.6 is 24.0 Å². The monoisotopic (exact) mass is 487 g/mol. The Morgan fingerprint density at radius 2 is 2.11 bits per heavy atom. The minimum Gasteiger partial charge on any atom is -0.493 e. The number of halogens is 1. The van der Waals surface area contributed by atoms with Gasteiger partial charge in [-0.2, -0.15) is 5.10 Å². The van der Waals surface area contributed by atoms with Crippen LogP contribution in [0.2, 0.25) is 0 Å². The third kappa shape index (κ3) is 9.09. The van der Waals surface area contributed by atoms with Crippen LogP contribution in [0.25, 0.3) is 0 Å². The average Bonchev–Trinajstić information content (AvgIpc) is 3.07. The molecule has 7 nitrogen and oxygen atoms in total. The Balaban J connectivity index is 0.00000364. The van der Waals surface area contributed by atoms with Crippen molar-refractivity contribution in [2.75, 3.05) is 39.2 Å². The Morgan fingerprint density at radius 3 is 2.81 bits per heavy atom. The fourth-order valence-electron chi connectivity index (χ4n) is 2.47. The van der Waals surface area contributed by atoms with Gasteiger partial charge >= 0.3 is 0 Å². The fourth-order valence-corrected chi connectivity index (χ4v) is 2.47. The predicted octanol–water partition coefficient (Wildman–Crippen LogP) is 3.07. The van der Waals surface area contributed by atoms with Crippen LogP contribution in [0.15, 0.2) is 41.7 Å². The lowest BCUT2D eigenvalue weighted by atomic mass is 10.2. The Labute approximate surface area is 178 Å². The standard InChI is InChI=1S/C19H29N5O2.HI/c1-20-19(21-10-5-7-16-14-22-24(2)15-16)23-17-8-4-9-18(13-17)26-12-6-11-25-3;/h4,8-9,13-15H,5-7,10-12H2,1-3H3,(H2,20,21,23);1H. The van der Waals surface area contributed by atoms with Crippen molar-refractivity contribution in [2.45, 2.75) is 19.3 Å². The van der Waals surface area contributed by atoms with Crippen LogP contribution in [0.5, 0.6) is 5.75 Å². The van der Waals surface area contributed by atoms with Gasteiger partial charge in [0.05, 0.1) is 12.8 Å². The number of guanidine groups is 1. The van der Waals surface area contributed by atoms with E-state index in [0.717, 1.165) is 43.2 Å². The van der Waals surface area contributed by atoms with E-state index in [2.05, 4.69) is 20.7 Å². The first-order valence-corrected chi connectivity index (χ1v) is 8.88. The van der Waals surface area contributed by atoms with Gasteiger partial charge in [-0.3, -0.25) is 9.67 Å². The molecule has 0 radical (unpaired) electrons. The van der Waals surface area contributed by atoms with Crippen molar-refractivity contribution < 1.29 is 9.47 Å². The molecule has 1 aromatic carbocycles. The molecular formula is C19H30IN5O2. The minimum atomic E-state index is 0. The predicted molar refractivity (Wildman–Crippen MR) is 120 cm³/mol. The summed E-state index contributed by atoms with van der Waals surface area (Å²) in [5, 5.41) is 10.8. The molecule has 1 heterocycles. The second-order valence-electron chi connectivity index (χ2n) is 5.97. The Kier molecular flexibility index (Phi) is 11.5. The molecule has 0 unspecified atom stereocenters. The zero-order valence-corrected chi connectivity index (χ0v) is 18.6. The van der Waals surface area contributed by atoms with E-state index < -0.39 is 0 Å². The highest BCUT2D eigenvalue weighted by atomic mass is 127. The lowest BCUT2D eigenvalue weighted by Gasteiger charge is -2.13. The van der Waals surface area contributed by atoms with Crippen LogP contribution in [0, 0.1) is 0 Å². The maximum atomic E-state index is 5.73. The SMILES string of the molecule is CN=C(NCCCc1cnn(C)c1)Nc1cccc(OCCCOC)c1.I. The molecule has 0 aliphatic heterocycles. The summed E-state index contributed by atoms with van der Waals surface area (Å²) in [5.74, 6) is 1.57. The lowest BCUT2D eigenvalue weighted by molar-refractivity contribution is 0.172. The number of rotatable bonds is 10. The molecule has 8 heteroatoms. The Morgan fingerprint density at radius 1 is 1.26 bits per heavy atom. The number of nitrogens with zero attached hydrogens (tertiary/aromatic N) is 3. The van der Waals surface area contributed by atoms with Crippen molar-refractivity contribution in [3.8, 4) is 5.75 Å². The van der Waals surface area contributed by atoms with Crippen molar-refractivity contribution in [1.82, 2.24) is 15.1 Å². The summed E-state index contributed by atoms with van der Waals surface area (Å²) in [6.45, 7) is 2.17. The van der Waals surface area contributed by atoms with Gasteiger partial charge in [0.15, 0.2) is 5.96 Å².